The fourth-order valence-corrected chi connectivity index (χ4v) is 3.76. The maximum Gasteiger partial charge on any atom is 0.272 e. The quantitative estimate of drug-likeness (QED) is 0.867. The normalized spacial score (nSPS) is 17.0. The minimum absolute atomic E-state index is 0.0386. The van der Waals surface area contributed by atoms with Crippen molar-refractivity contribution in [1.82, 2.24) is 9.55 Å². The van der Waals surface area contributed by atoms with Crippen LogP contribution in [0, 0.1) is 4.77 Å². The molecular formula is C14H14N2O2S2. The van der Waals surface area contributed by atoms with Crippen molar-refractivity contribution < 1.29 is 4.74 Å². The molecule has 2 aromatic rings. The second kappa shape index (κ2) is 5.10. The lowest BCUT2D eigenvalue weighted by Crippen LogP contribution is -2.22. The third-order valence-electron chi connectivity index (χ3n) is 3.27. The average Bonchev–Trinajstić information content (AvgIpc) is 2.80. The molecule has 1 aromatic carbocycles. The molecule has 0 radical (unpaired) electrons. The van der Waals surface area contributed by atoms with Gasteiger partial charge in [0, 0.05) is 17.4 Å². The molecule has 4 nitrogen and oxygen atoms in total. The lowest BCUT2D eigenvalue weighted by molar-refractivity contribution is 0.414. The number of H-pyrrole nitrogens is 1. The number of nitrogens with one attached hydrogen (secondary N) is 1. The van der Waals surface area contributed by atoms with E-state index >= 15 is 0 Å². The lowest BCUT2D eigenvalue weighted by atomic mass is 10.2. The van der Waals surface area contributed by atoms with Gasteiger partial charge in [-0.2, -0.15) is 0 Å². The van der Waals surface area contributed by atoms with Crippen molar-refractivity contribution >= 4 is 24.0 Å². The Bertz CT molecular complexity index is 762. The largest absolute Gasteiger partial charge is 0.497 e. The van der Waals surface area contributed by atoms with Crippen LogP contribution in [0.3, 0.4) is 0 Å². The summed E-state index contributed by atoms with van der Waals surface area (Å²) >= 11 is 6.94. The molecule has 0 saturated carbocycles. The summed E-state index contributed by atoms with van der Waals surface area (Å²) in [5.74, 6) is 0.751. The predicted octanol–water partition coefficient (Wildman–Crippen LogP) is 2.94. The summed E-state index contributed by atoms with van der Waals surface area (Å²) in [6.07, 6.45) is 0.863. The van der Waals surface area contributed by atoms with E-state index < -0.39 is 0 Å². The lowest BCUT2D eigenvalue weighted by Gasteiger charge is -2.09. The van der Waals surface area contributed by atoms with Crippen LogP contribution < -0.4 is 10.3 Å². The van der Waals surface area contributed by atoms with Crippen molar-refractivity contribution in [3.8, 4) is 11.4 Å². The maximum absolute atomic E-state index is 12.6. The number of aromatic amines is 1. The van der Waals surface area contributed by atoms with Gasteiger partial charge in [0.25, 0.3) is 5.56 Å². The van der Waals surface area contributed by atoms with E-state index in [1.165, 1.54) is 0 Å². The Hall–Kier alpha value is -1.53. The molecule has 0 aliphatic carbocycles. The topological polar surface area (TPSA) is 47.0 Å². The number of ether oxygens (including phenoxy) is 1. The van der Waals surface area contributed by atoms with Gasteiger partial charge in [-0.1, -0.05) is 6.92 Å². The van der Waals surface area contributed by atoms with Crippen molar-refractivity contribution in [1.29, 1.82) is 0 Å². The summed E-state index contributed by atoms with van der Waals surface area (Å²) < 4.78 is 7.11. The SMILES string of the molecule is COc1ccc(-n2c(=S)[nH]c3c(c2=O)SC(C)C3)cc1. The molecule has 3 rings (SSSR count). The second-order valence-electron chi connectivity index (χ2n) is 4.71. The molecular weight excluding hydrogens is 292 g/mol. The van der Waals surface area contributed by atoms with E-state index in [4.69, 9.17) is 17.0 Å². The average molecular weight is 306 g/mol. The number of hydrogen-bond acceptors (Lipinski definition) is 4. The van der Waals surface area contributed by atoms with E-state index in [0.29, 0.717) is 10.0 Å². The summed E-state index contributed by atoms with van der Waals surface area (Å²) in [5, 5.41) is 0.412. The third-order valence-corrected chi connectivity index (χ3v) is 4.78. The van der Waals surface area contributed by atoms with Gasteiger partial charge in [-0.15, -0.1) is 11.8 Å². The maximum atomic E-state index is 12.6. The zero-order valence-electron chi connectivity index (χ0n) is 11.2. The van der Waals surface area contributed by atoms with E-state index in [2.05, 4.69) is 11.9 Å². The Labute approximate surface area is 125 Å². The smallest absolute Gasteiger partial charge is 0.272 e. The third kappa shape index (κ3) is 2.19. The Morgan fingerprint density at radius 2 is 2.10 bits per heavy atom. The second-order valence-corrected chi connectivity index (χ2v) is 6.54. The van der Waals surface area contributed by atoms with Gasteiger partial charge in [-0.25, -0.2) is 0 Å². The van der Waals surface area contributed by atoms with Crippen molar-refractivity contribution in [2.75, 3.05) is 7.11 Å². The molecule has 0 fully saturated rings. The molecule has 20 heavy (non-hydrogen) atoms. The molecule has 1 N–H and O–H groups in total. The molecule has 1 atom stereocenters. The zero-order valence-corrected chi connectivity index (χ0v) is 12.8. The molecule has 1 aliphatic heterocycles. The van der Waals surface area contributed by atoms with Gasteiger partial charge in [-0.3, -0.25) is 9.36 Å². The molecule has 0 saturated heterocycles. The highest BCUT2D eigenvalue weighted by Gasteiger charge is 2.24. The summed E-state index contributed by atoms with van der Waals surface area (Å²) in [5.41, 5.74) is 1.67. The van der Waals surface area contributed by atoms with Crippen molar-refractivity contribution in [2.24, 2.45) is 0 Å². The Morgan fingerprint density at radius 1 is 1.40 bits per heavy atom. The number of aromatic nitrogens is 2. The highest BCUT2D eigenvalue weighted by molar-refractivity contribution is 8.00. The molecule has 2 heterocycles. The van der Waals surface area contributed by atoms with Crippen molar-refractivity contribution in [2.45, 2.75) is 23.5 Å². The van der Waals surface area contributed by atoms with Crippen LogP contribution in [-0.4, -0.2) is 21.9 Å². The highest BCUT2D eigenvalue weighted by Crippen LogP contribution is 2.33. The molecule has 0 bridgehead atoms. The molecule has 1 aliphatic rings. The number of hydrogen-bond donors (Lipinski definition) is 1. The number of thioether (sulfide) groups is 1. The van der Waals surface area contributed by atoms with Gasteiger partial charge in [0.1, 0.15) is 5.75 Å². The Balaban J connectivity index is 2.17. The number of rotatable bonds is 2. The number of fused-ring (bicyclic) bond motifs is 1. The van der Waals surface area contributed by atoms with E-state index in [0.717, 1.165) is 28.4 Å². The Morgan fingerprint density at radius 3 is 2.75 bits per heavy atom. The number of nitrogens with zero attached hydrogens (tertiary/aromatic N) is 1. The summed E-state index contributed by atoms with van der Waals surface area (Å²) in [6.45, 7) is 2.11. The fourth-order valence-electron chi connectivity index (χ4n) is 2.33. The van der Waals surface area contributed by atoms with E-state index in [9.17, 15) is 4.79 Å². The Kier molecular flexibility index (Phi) is 3.43. The van der Waals surface area contributed by atoms with Crippen LogP contribution >= 0.6 is 24.0 Å². The zero-order chi connectivity index (χ0) is 14.3. The minimum atomic E-state index is -0.0386. The van der Waals surface area contributed by atoms with Gasteiger partial charge in [-0.05, 0) is 36.5 Å². The monoisotopic (exact) mass is 306 g/mol. The first kappa shape index (κ1) is 13.5. The van der Waals surface area contributed by atoms with Crippen LogP contribution in [0.25, 0.3) is 5.69 Å². The molecule has 0 spiro atoms. The van der Waals surface area contributed by atoms with Crippen molar-refractivity contribution in [3.05, 3.63) is 45.1 Å². The van der Waals surface area contributed by atoms with Crippen molar-refractivity contribution in [3.63, 3.8) is 0 Å². The van der Waals surface area contributed by atoms with Crippen LogP contribution in [0.15, 0.2) is 34.0 Å². The van der Waals surface area contributed by atoms with Crippen LogP contribution in [0.4, 0.5) is 0 Å². The number of benzene rings is 1. The summed E-state index contributed by atoms with van der Waals surface area (Å²) in [6, 6.07) is 7.30. The van der Waals surface area contributed by atoms with Gasteiger partial charge < -0.3 is 9.72 Å². The van der Waals surface area contributed by atoms with Crippen LogP contribution in [-0.2, 0) is 6.42 Å². The number of methoxy groups -OCH3 is 1. The molecule has 1 aromatic heterocycles. The summed E-state index contributed by atoms with van der Waals surface area (Å²) in [7, 11) is 1.61. The van der Waals surface area contributed by atoms with Gasteiger partial charge in [0.05, 0.1) is 17.7 Å². The predicted molar refractivity (Wildman–Crippen MR) is 82.8 cm³/mol. The van der Waals surface area contributed by atoms with E-state index in [-0.39, 0.29) is 5.56 Å². The highest BCUT2D eigenvalue weighted by atomic mass is 32.2. The fraction of sp³-hybridized carbons (Fsp3) is 0.286. The van der Waals surface area contributed by atoms with E-state index in [1.807, 2.05) is 24.3 Å². The first-order valence-electron chi connectivity index (χ1n) is 6.29. The van der Waals surface area contributed by atoms with Gasteiger partial charge in [0.15, 0.2) is 4.77 Å². The summed E-state index contributed by atoms with van der Waals surface area (Å²) in [4.78, 5) is 16.6. The first-order chi connectivity index (χ1) is 9.60. The standard InChI is InChI=1S/C14H14N2O2S2/c1-8-7-11-12(20-8)13(17)16(14(19)15-11)9-3-5-10(18-2)6-4-9/h3-6,8H,7H2,1-2H3,(H,15,19). The van der Waals surface area contributed by atoms with Crippen LogP contribution in [0.1, 0.15) is 12.6 Å². The molecule has 0 amide bonds. The molecule has 1 unspecified atom stereocenters. The molecule has 104 valence electrons. The van der Waals surface area contributed by atoms with Crippen LogP contribution in [0.2, 0.25) is 0 Å². The minimum Gasteiger partial charge on any atom is -0.497 e. The van der Waals surface area contributed by atoms with Gasteiger partial charge >= 0.3 is 0 Å². The van der Waals surface area contributed by atoms with Gasteiger partial charge in [0.2, 0.25) is 0 Å². The van der Waals surface area contributed by atoms with E-state index in [1.54, 1.807) is 23.4 Å². The molecule has 6 heteroatoms. The van der Waals surface area contributed by atoms with Crippen LogP contribution in [0.5, 0.6) is 5.75 Å². The first-order valence-corrected chi connectivity index (χ1v) is 7.58.